The van der Waals surface area contributed by atoms with Gasteiger partial charge in [0, 0.05) is 32.2 Å². The van der Waals surface area contributed by atoms with E-state index in [2.05, 4.69) is 4.98 Å². The molecule has 0 amide bonds. The number of hydrogen-bond donors (Lipinski definition) is 0. The van der Waals surface area contributed by atoms with E-state index in [1.54, 1.807) is 0 Å². The first kappa shape index (κ1) is 16.9. The predicted octanol–water partition coefficient (Wildman–Crippen LogP) is 1.09. The molecule has 0 saturated heterocycles. The predicted molar refractivity (Wildman–Crippen MR) is 86.1 cm³/mol. The smallest absolute Gasteiger partial charge is 0.281 e. The normalized spacial score (nSPS) is 19.1. The van der Waals surface area contributed by atoms with Crippen LogP contribution < -0.4 is 4.74 Å². The lowest BCUT2D eigenvalue weighted by Gasteiger charge is -2.26. The molecule has 2 aromatic rings. The Bertz CT molecular complexity index is 822. The Morgan fingerprint density at radius 1 is 1.29 bits per heavy atom. The molecule has 1 atom stereocenters. The molecular formula is C15H19FN4O3S. The highest BCUT2D eigenvalue weighted by Gasteiger charge is 2.32. The second-order valence-electron chi connectivity index (χ2n) is 5.76. The summed E-state index contributed by atoms with van der Waals surface area (Å²) in [6, 6.07) is 6.44. The monoisotopic (exact) mass is 354 g/mol. The minimum atomic E-state index is -3.62. The van der Waals surface area contributed by atoms with Gasteiger partial charge in [0.2, 0.25) is 0 Å². The zero-order valence-corrected chi connectivity index (χ0v) is 14.3. The molecule has 0 aromatic carbocycles. The van der Waals surface area contributed by atoms with Crippen molar-refractivity contribution in [3.63, 3.8) is 0 Å². The third kappa shape index (κ3) is 3.28. The third-order valence-corrected chi connectivity index (χ3v) is 5.71. The molecule has 2 aromatic heterocycles. The number of hydrogen-bond acceptors (Lipinski definition) is 4. The third-order valence-electron chi connectivity index (χ3n) is 3.86. The van der Waals surface area contributed by atoms with Gasteiger partial charge in [-0.3, -0.25) is 0 Å². The summed E-state index contributed by atoms with van der Waals surface area (Å²) in [5.74, 6) is -0.697. The lowest BCUT2D eigenvalue weighted by Crippen LogP contribution is -2.44. The van der Waals surface area contributed by atoms with Gasteiger partial charge in [-0.05, 0) is 24.3 Å². The second-order valence-corrected chi connectivity index (χ2v) is 7.91. The molecule has 9 heteroatoms. The molecule has 130 valence electrons. The van der Waals surface area contributed by atoms with Crippen molar-refractivity contribution < 1.29 is 17.5 Å². The molecule has 1 aliphatic rings. The van der Waals surface area contributed by atoms with Crippen LogP contribution in [-0.4, -0.2) is 53.3 Å². The standard InChI is InChI=1S/C15H19FN4O3S/c1-18(2)24(21,22)20-9-12-5-4-8-19(12)10-13(11-20)23-15-14(16)6-3-7-17-15/h3-8,13H,9-11H2,1-2H3. The van der Waals surface area contributed by atoms with E-state index in [0.29, 0.717) is 6.54 Å². The first-order chi connectivity index (χ1) is 11.4. The molecule has 0 bridgehead atoms. The van der Waals surface area contributed by atoms with Gasteiger partial charge in [-0.25, -0.2) is 9.37 Å². The van der Waals surface area contributed by atoms with Crippen molar-refractivity contribution in [3.05, 3.63) is 48.2 Å². The highest BCUT2D eigenvalue weighted by Crippen LogP contribution is 2.21. The van der Waals surface area contributed by atoms with Crippen LogP contribution in [0.4, 0.5) is 4.39 Å². The minimum absolute atomic E-state index is 0.109. The van der Waals surface area contributed by atoms with Crippen molar-refractivity contribution in [1.82, 2.24) is 18.2 Å². The Balaban J connectivity index is 1.91. The van der Waals surface area contributed by atoms with E-state index in [9.17, 15) is 12.8 Å². The van der Waals surface area contributed by atoms with Crippen LogP contribution >= 0.6 is 0 Å². The number of ether oxygens (including phenoxy) is 1. The number of pyridine rings is 1. The highest BCUT2D eigenvalue weighted by atomic mass is 32.2. The summed E-state index contributed by atoms with van der Waals surface area (Å²) in [6.07, 6.45) is 2.73. The molecule has 0 fully saturated rings. The van der Waals surface area contributed by atoms with Crippen LogP contribution in [0.1, 0.15) is 5.69 Å². The molecule has 1 aliphatic heterocycles. The van der Waals surface area contributed by atoms with Gasteiger partial charge in [-0.2, -0.15) is 17.0 Å². The summed E-state index contributed by atoms with van der Waals surface area (Å²) < 4.78 is 48.9. The van der Waals surface area contributed by atoms with Crippen molar-refractivity contribution in [1.29, 1.82) is 0 Å². The molecular weight excluding hydrogens is 335 g/mol. The Kier molecular flexibility index (Phi) is 4.57. The number of rotatable bonds is 4. The Morgan fingerprint density at radius 3 is 2.79 bits per heavy atom. The molecule has 7 nitrogen and oxygen atoms in total. The van der Waals surface area contributed by atoms with E-state index < -0.39 is 22.1 Å². The van der Waals surface area contributed by atoms with E-state index in [1.165, 1.54) is 36.7 Å². The maximum atomic E-state index is 13.8. The summed E-state index contributed by atoms with van der Waals surface area (Å²) in [5, 5.41) is 0. The van der Waals surface area contributed by atoms with E-state index in [0.717, 1.165) is 10.00 Å². The fraction of sp³-hybridized carbons (Fsp3) is 0.400. The Hall–Kier alpha value is -1.97. The van der Waals surface area contributed by atoms with Crippen LogP contribution in [0.2, 0.25) is 0 Å². The van der Waals surface area contributed by atoms with Gasteiger partial charge in [0.1, 0.15) is 6.10 Å². The van der Waals surface area contributed by atoms with Crippen molar-refractivity contribution >= 4 is 10.2 Å². The largest absolute Gasteiger partial charge is 0.469 e. The molecule has 3 heterocycles. The number of nitrogens with zero attached hydrogens (tertiary/aromatic N) is 4. The second kappa shape index (κ2) is 6.50. The maximum absolute atomic E-state index is 13.8. The molecule has 0 aliphatic carbocycles. The zero-order chi connectivity index (χ0) is 17.3. The van der Waals surface area contributed by atoms with Crippen molar-refractivity contribution in [2.45, 2.75) is 19.2 Å². The summed E-state index contributed by atoms with van der Waals surface area (Å²) in [4.78, 5) is 3.88. The molecule has 0 N–H and O–H groups in total. The van der Waals surface area contributed by atoms with Crippen LogP contribution in [0.5, 0.6) is 5.88 Å². The molecule has 0 spiro atoms. The zero-order valence-electron chi connectivity index (χ0n) is 13.5. The van der Waals surface area contributed by atoms with E-state index in [4.69, 9.17) is 4.74 Å². The Labute approximate surface area is 140 Å². The number of halogens is 1. The SMILES string of the molecule is CN(C)S(=O)(=O)N1Cc2cccn2CC(Oc2ncccc2F)C1. The van der Waals surface area contributed by atoms with Crippen molar-refractivity contribution in [2.75, 3.05) is 20.6 Å². The maximum Gasteiger partial charge on any atom is 0.281 e. The van der Waals surface area contributed by atoms with Gasteiger partial charge >= 0.3 is 0 Å². The number of aromatic nitrogens is 2. The average molecular weight is 354 g/mol. The summed E-state index contributed by atoms with van der Waals surface area (Å²) in [6.45, 7) is 0.758. The molecule has 0 saturated carbocycles. The van der Waals surface area contributed by atoms with E-state index >= 15 is 0 Å². The van der Waals surface area contributed by atoms with Gasteiger partial charge in [0.05, 0.1) is 19.6 Å². The summed E-state index contributed by atoms with van der Waals surface area (Å²) >= 11 is 0. The summed E-state index contributed by atoms with van der Waals surface area (Å²) in [5.41, 5.74) is 0.855. The molecule has 24 heavy (non-hydrogen) atoms. The van der Waals surface area contributed by atoms with Gasteiger partial charge in [0.15, 0.2) is 5.82 Å². The lowest BCUT2D eigenvalue weighted by atomic mass is 10.3. The lowest BCUT2D eigenvalue weighted by molar-refractivity contribution is 0.146. The van der Waals surface area contributed by atoms with Gasteiger partial charge in [-0.15, -0.1) is 0 Å². The first-order valence-corrected chi connectivity index (χ1v) is 8.86. The fourth-order valence-electron chi connectivity index (χ4n) is 2.62. The van der Waals surface area contributed by atoms with Crippen LogP contribution in [0.15, 0.2) is 36.7 Å². The topological polar surface area (TPSA) is 67.7 Å². The molecule has 0 radical (unpaired) electrons. The quantitative estimate of drug-likeness (QED) is 0.824. The van der Waals surface area contributed by atoms with Gasteiger partial charge in [0.25, 0.3) is 16.1 Å². The summed E-state index contributed by atoms with van der Waals surface area (Å²) in [7, 11) is -0.661. The first-order valence-electron chi connectivity index (χ1n) is 7.46. The van der Waals surface area contributed by atoms with Crippen LogP contribution in [0.25, 0.3) is 0 Å². The minimum Gasteiger partial charge on any atom is -0.469 e. The number of fused-ring (bicyclic) bond motifs is 1. The molecule has 3 rings (SSSR count). The van der Waals surface area contributed by atoms with Gasteiger partial charge < -0.3 is 9.30 Å². The highest BCUT2D eigenvalue weighted by molar-refractivity contribution is 7.86. The fourth-order valence-corrected chi connectivity index (χ4v) is 3.73. The van der Waals surface area contributed by atoms with E-state index in [1.807, 2.05) is 22.9 Å². The molecule has 1 unspecified atom stereocenters. The Morgan fingerprint density at radius 2 is 2.08 bits per heavy atom. The van der Waals surface area contributed by atoms with Crippen LogP contribution in [0.3, 0.4) is 0 Å². The van der Waals surface area contributed by atoms with Crippen molar-refractivity contribution in [3.8, 4) is 5.88 Å². The van der Waals surface area contributed by atoms with E-state index in [-0.39, 0.29) is 19.0 Å². The van der Waals surface area contributed by atoms with Crippen LogP contribution in [0, 0.1) is 5.82 Å². The van der Waals surface area contributed by atoms with Crippen LogP contribution in [-0.2, 0) is 23.3 Å². The van der Waals surface area contributed by atoms with Gasteiger partial charge in [-0.1, -0.05) is 0 Å². The average Bonchev–Trinajstić information content (AvgIpc) is 2.88. The van der Waals surface area contributed by atoms with Crippen molar-refractivity contribution in [2.24, 2.45) is 0 Å².